The van der Waals surface area contributed by atoms with E-state index in [0.29, 0.717) is 0 Å². The highest BCUT2D eigenvalue weighted by Crippen LogP contribution is 2.41. The van der Waals surface area contributed by atoms with Gasteiger partial charge in [0.25, 0.3) is 0 Å². The minimum Gasteiger partial charge on any atom is -0.496 e. The highest BCUT2D eigenvalue weighted by Gasteiger charge is 2.33. The van der Waals surface area contributed by atoms with Gasteiger partial charge in [-0.3, -0.25) is 0 Å². The van der Waals surface area contributed by atoms with E-state index in [2.05, 4.69) is 26.8 Å². The van der Waals surface area contributed by atoms with Crippen LogP contribution in [-0.2, 0) is 5.54 Å². The monoisotopic (exact) mass is 233 g/mol. The Morgan fingerprint density at radius 2 is 1.71 bits per heavy atom. The number of rotatable bonds is 2. The Balaban J connectivity index is 2.56. The summed E-state index contributed by atoms with van der Waals surface area (Å²) in [6, 6.07) is 2.23. The van der Waals surface area contributed by atoms with Gasteiger partial charge in [-0.2, -0.15) is 0 Å². The van der Waals surface area contributed by atoms with Crippen molar-refractivity contribution < 1.29 is 4.74 Å². The molecular formula is C15H23NO. The van der Waals surface area contributed by atoms with E-state index in [9.17, 15) is 0 Å². The maximum Gasteiger partial charge on any atom is 0.124 e. The Kier molecular flexibility index (Phi) is 3.17. The normalized spacial score (nSPS) is 18.4. The molecule has 17 heavy (non-hydrogen) atoms. The van der Waals surface area contributed by atoms with Crippen molar-refractivity contribution >= 4 is 0 Å². The number of benzene rings is 1. The summed E-state index contributed by atoms with van der Waals surface area (Å²) in [5, 5.41) is 0. The molecule has 1 aliphatic rings. The molecule has 1 aromatic carbocycles. The highest BCUT2D eigenvalue weighted by atomic mass is 16.5. The molecule has 0 saturated heterocycles. The Morgan fingerprint density at radius 3 is 2.24 bits per heavy atom. The van der Waals surface area contributed by atoms with Crippen LogP contribution in [0.2, 0.25) is 0 Å². The smallest absolute Gasteiger partial charge is 0.124 e. The van der Waals surface area contributed by atoms with Gasteiger partial charge >= 0.3 is 0 Å². The zero-order chi connectivity index (χ0) is 12.6. The van der Waals surface area contributed by atoms with Gasteiger partial charge in [0.15, 0.2) is 0 Å². The van der Waals surface area contributed by atoms with Gasteiger partial charge in [-0.15, -0.1) is 0 Å². The minimum absolute atomic E-state index is 0.105. The Bertz CT molecular complexity index is 431. The van der Waals surface area contributed by atoms with Gasteiger partial charge < -0.3 is 10.5 Å². The van der Waals surface area contributed by atoms with E-state index in [1.165, 1.54) is 35.1 Å². The first-order chi connectivity index (χ1) is 7.99. The average Bonchev–Trinajstić information content (AvgIpc) is 2.72. The molecule has 94 valence electrons. The summed E-state index contributed by atoms with van der Waals surface area (Å²) in [6.45, 7) is 6.40. The maximum absolute atomic E-state index is 6.57. The van der Waals surface area contributed by atoms with Crippen molar-refractivity contribution in [1.29, 1.82) is 0 Å². The van der Waals surface area contributed by atoms with Crippen molar-refractivity contribution in [3.05, 3.63) is 28.3 Å². The molecule has 0 radical (unpaired) electrons. The van der Waals surface area contributed by atoms with E-state index in [0.717, 1.165) is 18.6 Å². The third-order valence-electron chi connectivity index (χ3n) is 4.26. The standard InChI is InChI=1S/C15H23NO/c1-10-9-13(15(16)7-5-6-8-15)11(2)12(3)14(10)17-4/h9H,5-8,16H2,1-4H3. The van der Waals surface area contributed by atoms with Crippen LogP contribution in [0.4, 0.5) is 0 Å². The zero-order valence-corrected chi connectivity index (χ0v) is 11.4. The molecule has 0 spiro atoms. The number of methoxy groups -OCH3 is 1. The highest BCUT2D eigenvalue weighted by molar-refractivity contribution is 5.51. The summed E-state index contributed by atoms with van der Waals surface area (Å²) < 4.78 is 5.47. The van der Waals surface area contributed by atoms with E-state index in [1.54, 1.807) is 7.11 Å². The van der Waals surface area contributed by atoms with Crippen molar-refractivity contribution in [2.45, 2.75) is 52.0 Å². The number of aryl methyl sites for hydroxylation is 1. The third kappa shape index (κ3) is 1.95. The second kappa shape index (κ2) is 4.34. The molecule has 1 aromatic rings. The van der Waals surface area contributed by atoms with Crippen molar-refractivity contribution in [2.24, 2.45) is 5.73 Å². The second-order valence-corrected chi connectivity index (χ2v) is 5.39. The summed E-state index contributed by atoms with van der Waals surface area (Å²) in [6.07, 6.45) is 4.72. The largest absolute Gasteiger partial charge is 0.496 e. The van der Waals surface area contributed by atoms with Gasteiger partial charge in [0.1, 0.15) is 5.75 Å². The predicted octanol–water partition coefficient (Wildman–Crippen LogP) is 3.35. The summed E-state index contributed by atoms with van der Waals surface area (Å²) in [4.78, 5) is 0. The fourth-order valence-corrected chi connectivity index (χ4v) is 3.16. The van der Waals surface area contributed by atoms with E-state index in [4.69, 9.17) is 10.5 Å². The quantitative estimate of drug-likeness (QED) is 0.850. The lowest BCUT2D eigenvalue weighted by Crippen LogP contribution is -2.34. The molecule has 1 fully saturated rings. The van der Waals surface area contributed by atoms with Crippen LogP contribution in [0.3, 0.4) is 0 Å². The molecule has 0 unspecified atom stereocenters. The van der Waals surface area contributed by atoms with Crippen LogP contribution in [0.25, 0.3) is 0 Å². The lowest BCUT2D eigenvalue weighted by molar-refractivity contribution is 0.405. The first kappa shape index (κ1) is 12.4. The summed E-state index contributed by atoms with van der Waals surface area (Å²) in [5.74, 6) is 1.01. The van der Waals surface area contributed by atoms with Crippen LogP contribution in [0.1, 0.15) is 47.9 Å². The van der Waals surface area contributed by atoms with E-state index in [-0.39, 0.29) is 5.54 Å². The molecule has 0 bridgehead atoms. The summed E-state index contributed by atoms with van der Waals surface area (Å²) in [7, 11) is 1.74. The van der Waals surface area contributed by atoms with Gasteiger partial charge in [-0.05, 0) is 55.9 Å². The van der Waals surface area contributed by atoms with Crippen LogP contribution >= 0.6 is 0 Å². The lowest BCUT2D eigenvalue weighted by Gasteiger charge is -2.28. The third-order valence-corrected chi connectivity index (χ3v) is 4.26. The first-order valence-corrected chi connectivity index (χ1v) is 6.44. The minimum atomic E-state index is -0.105. The van der Waals surface area contributed by atoms with E-state index >= 15 is 0 Å². The molecule has 2 N–H and O–H groups in total. The van der Waals surface area contributed by atoms with Crippen LogP contribution in [0.15, 0.2) is 6.07 Å². The van der Waals surface area contributed by atoms with Crippen molar-refractivity contribution in [2.75, 3.05) is 7.11 Å². The predicted molar refractivity (Wildman–Crippen MR) is 71.5 cm³/mol. The molecule has 1 saturated carbocycles. The van der Waals surface area contributed by atoms with Crippen molar-refractivity contribution in [3.63, 3.8) is 0 Å². The fourth-order valence-electron chi connectivity index (χ4n) is 3.16. The molecule has 2 heteroatoms. The zero-order valence-electron chi connectivity index (χ0n) is 11.4. The molecule has 0 amide bonds. The van der Waals surface area contributed by atoms with Gasteiger partial charge in [0, 0.05) is 5.54 Å². The Morgan fingerprint density at radius 1 is 1.12 bits per heavy atom. The molecule has 0 heterocycles. The fraction of sp³-hybridized carbons (Fsp3) is 0.600. The summed E-state index contributed by atoms with van der Waals surface area (Å²) in [5.41, 5.74) is 11.5. The second-order valence-electron chi connectivity index (χ2n) is 5.39. The topological polar surface area (TPSA) is 35.2 Å². The van der Waals surface area contributed by atoms with Crippen LogP contribution in [-0.4, -0.2) is 7.11 Å². The number of hydrogen-bond acceptors (Lipinski definition) is 2. The molecule has 1 aliphatic carbocycles. The van der Waals surface area contributed by atoms with Gasteiger partial charge in [0.2, 0.25) is 0 Å². The van der Waals surface area contributed by atoms with Crippen molar-refractivity contribution in [1.82, 2.24) is 0 Å². The molecule has 2 nitrogen and oxygen atoms in total. The number of hydrogen-bond donors (Lipinski definition) is 1. The van der Waals surface area contributed by atoms with Gasteiger partial charge in [-0.25, -0.2) is 0 Å². The van der Waals surface area contributed by atoms with Crippen LogP contribution in [0, 0.1) is 20.8 Å². The molecule has 2 rings (SSSR count). The SMILES string of the molecule is COc1c(C)cc(C2(N)CCCC2)c(C)c1C. The van der Waals surface area contributed by atoms with E-state index in [1.807, 2.05) is 0 Å². The van der Waals surface area contributed by atoms with E-state index < -0.39 is 0 Å². The maximum atomic E-state index is 6.57. The Hall–Kier alpha value is -1.02. The average molecular weight is 233 g/mol. The Labute approximate surface area is 104 Å². The van der Waals surface area contributed by atoms with Gasteiger partial charge in [-0.1, -0.05) is 18.9 Å². The summed E-state index contributed by atoms with van der Waals surface area (Å²) >= 11 is 0. The van der Waals surface area contributed by atoms with Crippen LogP contribution in [0.5, 0.6) is 5.75 Å². The number of nitrogens with two attached hydrogens (primary N) is 1. The number of ether oxygens (including phenoxy) is 1. The van der Waals surface area contributed by atoms with Crippen LogP contribution < -0.4 is 10.5 Å². The molecular weight excluding hydrogens is 210 g/mol. The molecule has 0 aromatic heterocycles. The van der Waals surface area contributed by atoms with Crippen molar-refractivity contribution in [3.8, 4) is 5.75 Å². The lowest BCUT2D eigenvalue weighted by atomic mass is 9.83. The first-order valence-electron chi connectivity index (χ1n) is 6.44. The molecule has 0 aliphatic heterocycles. The van der Waals surface area contributed by atoms with Gasteiger partial charge in [0.05, 0.1) is 7.11 Å². The molecule has 0 atom stereocenters.